The summed E-state index contributed by atoms with van der Waals surface area (Å²) in [4.78, 5) is 17.4. The van der Waals surface area contributed by atoms with Crippen molar-refractivity contribution < 1.29 is 9.90 Å². The van der Waals surface area contributed by atoms with E-state index in [0.717, 1.165) is 26.3 Å². The normalized spacial score (nSPS) is 12.3. The van der Waals surface area contributed by atoms with Crippen LogP contribution in [0, 0.1) is 0 Å². The molecule has 2 aromatic heterocycles. The lowest BCUT2D eigenvalue weighted by Gasteiger charge is -2.12. The molecule has 2 rings (SSSR count). The van der Waals surface area contributed by atoms with Crippen molar-refractivity contribution in [3.8, 4) is 9.88 Å². The van der Waals surface area contributed by atoms with Gasteiger partial charge in [-0.2, -0.15) is 0 Å². The van der Waals surface area contributed by atoms with Crippen LogP contribution in [0.1, 0.15) is 25.5 Å². The standard InChI is InChI=1S/C14H17ClN2O2S2/c1-9(3-2-6-18)16-13(19)7-10-8-20-14(17-10)11-4-5-12(15)21-11/h4-5,8-9,18H,2-3,6-7H2,1H3,(H,16,19). The maximum atomic E-state index is 11.9. The molecule has 2 N–H and O–H groups in total. The predicted molar refractivity (Wildman–Crippen MR) is 88.1 cm³/mol. The van der Waals surface area contributed by atoms with E-state index in [1.54, 1.807) is 0 Å². The van der Waals surface area contributed by atoms with Crippen LogP contribution in [-0.2, 0) is 11.2 Å². The summed E-state index contributed by atoms with van der Waals surface area (Å²) >= 11 is 8.91. The zero-order chi connectivity index (χ0) is 15.2. The maximum Gasteiger partial charge on any atom is 0.226 e. The number of carbonyl (C=O) groups excluding carboxylic acids is 1. The Balaban J connectivity index is 1.89. The highest BCUT2D eigenvalue weighted by atomic mass is 35.5. The van der Waals surface area contributed by atoms with Gasteiger partial charge in [-0.25, -0.2) is 4.98 Å². The molecule has 0 aromatic carbocycles. The van der Waals surface area contributed by atoms with Gasteiger partial charge in [0.1, 0.15) is 5.01 Å². The minimum Gasteiger partial charge on any atom is -0.396 e. The lowest BCUT2D eigenvalue weighted by molar-refractivity contribution is -0.121. The minimum absolute atomic E-state index is 0.0403. The third-order valence-electron chi connectivity index (χ3n) is 2.88. The van der Waals surface area contributed by atoms with Gasteiger partial charge in [0.2, 0.25) is 5.91 Å². The lowest BCUT2D eigenvalue weighted by Crippen LogP contribution is -2.33. The number of amides is 1. The third kappa shape index (κ3) is 5.07. The van der Waals surface area contributed by atoms with Crippen LogP contribution in [0.2, 0.25) is 4.34 Å². The SMILES string of the molecule is CC(CCCO)NC(=O)Cc1csc(-c2ccc(Cl)s2)n1. The van der Waals surface area contributed by atoms with Gasteiger partial charge in [-0.15, -0.1) is 22.7 Å². The first-order chi connectivity index (χ1) is 10.1. The molecule has 0 fully saturated rings. The maximum absolute atomic E-state index is 11.9. The summed E-state index contributed by atoms with van der Waals surface area (Å²) in [6, 6.07) is 3.85. The second-order valence-corrected chi connectivity index (χ2v) is 7.33. The second-order valence-electron chi connectivity index (χ2n) is 4.76. The number of aliphatic hydroxyl groups excluding tert-OH is 1. The van der Waals surface area contributed by atoms with E-state index in [2.05, 4.69) is 10.3 Å². The molecule has 4 nitrogen and oxygen atoms in total. The molecule has 0 aliphatic heterocycles. The first-order valence-electron chi connectivity index (χ1n) is 6.69. The Morgan fingerprint density at radius 3 is 3.00 bits per heavy atom. The van der Waals surface area contributed by atoms with E-state index in [4.69, 9.17) is 16.7 Å². The average molecular weight is 345 g/mol. The van der Waals surface area contributed by atoms with Crippen molar-refractivity contribution >= 4 is 40.2 Å². The highest BCUT2D eigenvalue weighted by Gasteiger charge is 2.12. The molecular formula is C14H17ClN2O2S2. The van der Waals surface area contributed by atoms with Crippen molar-refractivity contribution in [3.05, 3.63) is 27.5 Å². The largest absolute Gasteiger partial charge is 0.396 e. The number of aromatic nitrogens is 1. The summed E-state index contributed by atoms with van der Waals surface area (Å²) < 4.78 is 0.734. The van der Waals surface area contributed by atoms with Crippen molar-refractivity contribution in [2.24, 2.45) is 0 Å². The molecule has 0 spiro atoms. The number of halogens is 1. The Labute approximate surface area is 136 Å². The average Bonchev–Trinajstić information content (AvgIpc) is 3.05. The Kier molecular flexibility index (Phi) is 6.17. The predicted octanol–water partition coefficient (Wildman–Crippen LogP) is 3.34. The fraction of sp³-hybridized carbons (Fsp3) is 0.429. The Morgan fingerprint density at radius 2 is 2.33 bits per heavy atom. The molecule has 21 heavy (non-hydrogen) atoms. The van der Waals surface area contributed by atoms with Crippen molar-refractivity contribution in [2.75, 3.05) is 6.61 Å². The number of thiazole rings is 1. The van der Waals surface area contributed by atoms with Crippen LogP contribution in [0.25, 0.3) is 9.88 Å². The van der Waals surface area contributed by atoms with E-state index >= 15 is 0 Å². The first kappa shape index (κ1) is 16.4. The topological polar surface area (TPSA) is 62.2 Å². The van der Waals surface area contributed by atoms with Crippen molar-refractivity contribution in [2.45, 2.75) is 32.2 Å². The van der Waals surface area contributed by atoms with E-state index in [9.17, 15) is 4.79 Å². The molecule has 0 aliphatic carbocycles. The van der Waals surface area contributed by atoms with Gasteiger partial charge in [0.25, 0.3) is 0 Å². The fourth-order valence-corrected chi connectivity index (χ4v) is 3.83. The number of rotatable bonds is 7. The minimum atomic E-state index is -0.0403. The molecule has 1 amide bonds. The van der Waals surface area contributed by atoms with Crippen molar-refractivity contribution in [1.82, 2.24) is 10.3 Å². The molecule has 2 aromatic rings. The fourth-order valence-electron chi connectivity index (χ4n) is 1.89. The van der Waals surface area contributed by atoms with E-state index in [1.165, 1.54) is 22.7 Å². The molecule has 2 heterocycles. The van der Waals surface area contributed by atoms with Gasteiger partial charge in [0, 0.05) is 18.0 Å². The van der Waals surface area contributed by atoms with Gasteiger partial charge in [0.05, 0.1) is 21.3 Å². The molecule has 0 saturated heterocycles. The van der Waals surface area contributed by atoms with Gasteiger partial charge < -0.3 is 10.4 Å². The molecule has 114 valence electrons. The second kappa shape index (κ2) is 7.89. The van der Waals surface area contributed by atoms with Crippen LogP contribution >= 0.6 is 34.3 Å². The molecule has 0 saturated carbocycles. The number of nitrogens with zero attached hydrogens (tertiary/aromatic N) is 1. The van der Waals surface area contributed by atoms with E-state index < -0.39 is 0 Å². The molecule has 0 bridgehead atoms. The van der Waals surface area contributed by atoms with Gasteiger partial charge in [0.15, 0.2) is 0 Å². The van der Waals surface area contributed by atoms with Crippen molar-refractivity contribution in [3.63, 3.8) is 0 Å². The lowest BCUT2D eigenvalue weighted by atomic mass is 10.2. The summed E-state index contributed by atoms with van der Waals surface area (Å²) in [6.07, 6.45) is 1.75. The van der Waals surface area contributed by atoms with Crippen LogP contribution < -0.4 is 5.32 Å². The van der Waals surface area contributed by atoms with Crippen molar-refractivity contribution in [1.29, 1.82) is 0 Å². The number of hydrogen-bond acceptors (Lipinski definition) is 5. The quantitative estimate of drug-likeness (QED) is 0.809. The number of carbonyl (C=O) groups is 1. The molecular weight excluding hydrogens is 328 g/mol. The van der Waals surface area contributed by atoms with Crippen LogP contribution in [-0.4, -0.2) is 28.6 Å². The monoisotopic (exact) mass is 344 g/mol. The number of nitrogens with one attached hydrogen (secondary N) is 1. The van der Waals surface area contributed by atoms with Crippen LogP contribution in [0.4, 0.5) is 0 Å². The van der Waals surface area contributed by atoms with Gasteiger partial charge >= 0.3 is 0 Å². The van der Waals surface area contributed by atoms with Gasteiger partial charge in [-0.05, 0) is 31.9 Å². The van der Waals surface area contributed by atoms with E-state index in [0.29, 0.717) is 6.42 Å². The van der Waals surface area contributed by atoms with Gasteiger partial charge in [-0.1, -0.05) is 11.6 Å². The number of aliphatic hydroxyl groups is 1. The summed E-state index contributed by atoms with van der Waals surface area (Å²) in [7, 11) is 0. The molecule has 0 radical (unpaired) electrons. The van der Waals surface area contributed by atoms with Crippen LogP contribution in [0.15, 0.2) is 17.5 Å². The third-order valence-corrected chi connectivity index (χ3v) is 5.17. The molecule has 0 aliphatic rings. The van der Waals surface area contributed by atoms with Gasteiger partial charge in [-0.3, -0.25) is 4.79 Å². The first-order valence-corrected chi connectivity index (χ1v) is 8.76. The Hall–Kier alpha value is -0.950. The highest BCUT2D eigenvalue weighted by Crippen LogP contribution is 2.32. The number of thiophene rings is 1. The molecule has 7 heteroatoms. The van der Waals surface area contributed by atoms with E-state index in [1.807, 2.05) is 24.4 Å². The summed E-state index contributed by atoms with van der Waals surface area (Å²) in [5, 5.41) is 14.5. The van der Waals surface area contributed by atoms with Crippen LogP contribution in [0.5, 0.6) is 0 Å². The van der Waals surface area contributed by atoms with E-state index in [-0.39, 0.29) is 25.0 Å². The smallest absolute Gasteiger partial charge is 0.226 e. The summed E-state index contributed by atoms with van der Waals surface area (Å²) in [6.45, 7) is 2.09. The molecule has 1 unspecified atom stereocenters. The summed E-state index contributed by atoms with van der Waals surface area (Å²) in [5.74, 6) is -0.0403. The van der Waals surface area contributed by atoms with Crippen LogP contribution in [0.3, 0.4) is 0 Å². The number of hydrogen-bond donors (Lipinski definition) is 2. The zero-order valence-corrected chi connectivity index (χ0v) is 14.0. The Morgan fingerprint density at radius 1 is 1.52 bits per heavy atom. The Bertz CT molecular complexity index is 597. The summed E-state index contributed by atoms with van der Waals surface area (Å²) in [5.41, 5.74) is 0.770. The molecule has 1 atom stereocenters. The highest BCUT2D eigenvalue weighted by molar-refractivity contribution is 7.23. The zero-order valence-electron chi connectivity index (χ0n) is 11.6.